The summed E-state index contributed by atoms with van der Waals surface area (Å²) in [5.41, 5.74) is -4.03. The average Bonchev–Trinajstić information content (AvgIpc) is 2.98. The molecule has 0 fully saturated rings. The fraction of sp³-hybridized carbons (Fsp3) is 0.0833. The Morgan fingerprint density at radius 3 is 1.88 bits per heavy atom. The second-order valence-corrected chi connectivity index (χ2v) is 6.45. The van der Waals surface area contributed by atoms with Crippen molar-refractivity contribution in [3.63, 3.8) is 0 Å². The number of halogens is 9. The Bertz CT molecular complexity index is 688. The maximum absolute atomic E-state index is 13.4. The van der Waals surface area contributed by atoms with Crippen LogP contribution in [0.2, 0.25) is 0 Å². The van der Waals surface area contributed by atoms with Crippen LogP contribution in [0.25, 0.3) is 0 Å². The number of rotatable bonds is 2. The Kier molecular flexibility index (Phi) is 7.79. The maximum atomic E-state index is 13.4. The minimum atomic E-state index is -5.58. The van der Waals surface area contributed by atoms with Crippen LogP contribution in [0, 0.1) is 23.3 Å². The summed E-state index contributed by atoms with van der Waals surface area (Å²) in [7, 11) is 9.78. The van der Waals surface area contributed by atoms with E-state index in [9.17, 15) is 30.7 Å². The van der Waals surface area contributed by atoms with Crippen LogP contribution in [0.1, 0.15) is 11.3 Å². The summed E-state index contributed by atoms with van der Waals surface area (Å²) in [6.07, 6.45) is -3.51. The Morgan fingerprint density at radius 1 is 1.00 bits per heavy atom. The number of benzene rings is 1. The van der Waals surface area contributed by atoms with E-state index in [0.29, 0.717) is 0 Å². The van der Waals surface area contributed by atoms with Crippen molar-refractivity contribution in [2.75, 3.05) is 0 Å². The number of aromatic nitrogens is 1. The summed E-state index contributed by atoms with van der Waals surface area (Å²) >= 11 is -0.556. The van der Waals surface area contributed by atoms with Gasteiger partial charge in [-0.2, -0.15) is 19.4 Å². The molecule has 0 unspecified atom stereocenters. The summed E-state index contributed by atoms with van der Waals surface area (Å²) < 4.78 is 90.5. The molecule has 0 saturated carbocycles. The van der Waals surface area contributed by atoms with Gasteiger partial charge in [0.1, 0.15) is 11.3 Å². The number of alkyl halides is 3. The molecule has 0 N–H and O–H groups in total. The molecule has 0 aliphatic heterocycles. The summed E-state index contributed by atoms with van der Waals surface area (Å²) in [6.45, 7) is 0. The average molecular weight is 428 g/mol. The van der Waals surface area contributed by atoms with Gasteiger partial charge in [0.15, 0.2) is 23.3 Å². The van der Waals surface area contributed by atoms with Crippen LogP contribution in [0.5, 0.6) is 0 Å². The molecular weight excluding hydrogens is 424 g/mol. The molecule has 1 heterocycles. The van der Waals surface area contributed by atoms with Gasteiger partial charge in [-0.3, -0.25) is 4.99 Å². The van der Waals surface area contributed by atoms with Gasteiger partial charge in [-0.1, -0.05) is 12.1 Å². The van der Waals surface area contributed by atoms with Crippen LogP contribution in [-0.4, -0.2) is 6.21 Å². The molecule has 0 amide bonds. The van der Waals surface area contributed by atoms with Gasteiger partial charge >= 0.3 is 41.8 Å². The van der Waals surface area contributed by atoms with Crippen LogP contribution < -0.4 is 4.98 Å². The van der Waals surface area contributed by atoms with Gasteiger partial charge in [-0.05, 0) is 0 Å². The van der Waals surface area contributed by atoms with Gasteiger partial charge in [0.05, 0.1) is 0 Å². The van der Waals surface area contributed by atoms with Crippen LogP contribution in [0.4, 0.5) is 36.4 Å². The Hall–Kier alpha value is -1.03. The predicted molar refractivity (Wildman–Crippen MR) is 70.0 cm³/mol. The monoisotopic (exact) mass is 427 g/mol. The molecule has 0 bridgehead atoms. The first-order valence-corrected chi connectivity index (χ1v) is 9.96. The van der Waals surface area contributed by atoms with Gasteiger partial charge < -0.3 is 4.98 Å². The first kappa shape index (κ1) is 21.0. The number of hydrogen-bond acceptors (Lipinski definition) is 1. The van der Waals surface area contributed by atoms with Gasteiger partial charge in [-0.25, -0.2) is 17.6 Å². The topological polar surface area (TPSA) is 26.5 Å². The standard InChI is InChI=1S/C12H4F7N2.2ClH.Ti/c13-7-6(12(17,18)19)8(14)10(16)11(9(7)15)21-4-5-2-1-3-20-5;;;/h1-4H;2*1H;/q-1;;;+2/p-2. The van der Waals surface area contributed by atoms with Crippen LogP contribution in [-0.2, 0) is 23.2 Å². The molecule has 1 aromatic carbocycles. The molecule has 0 radical (unpaired) electrons. The van der Waals surface area contributed by atoms with Gasteiger partial charge in [0.25, 0.3) is 0 Å². The molecule has 1 aromatic heterocycles. The fourth-order valence-corrected chi connectivity index (χ4v) is 1.50. The molecule has 130 valence electrons. The van der Waals surface area contributed by atoms with Crippen molar-refractivity contribution in [3.8, 4) is 0 Å². The van der Waals surface area contributed by atoms with Crippen molar-refractivity contribution in [2.45, 2.75) is 6.18 Å². The first-order valence-electron chi connectivity index (χ1n) is 5.66. The SMILES string of the molecule is Fc1c(F)c(C(F)(F)F)c(F)c(F)c1N=Cc1ccc[n-]1.[Cl][Ti][Cl]. The van der Waals surface area contributed by atoms with Crippen LogP contribution in [0.15, 0.2) is 23.3 Å². The third-order valence-corrected chi connectivity index (χ3v) is 2.43. The van der Waals surface area contributed by atoms with E-state index in [4.69, 9.17) is 18.6 Å². The Morgan fingerprint density at radius 2 is 1.50 bits per heavy atom. The van der Waals surface area contributed by atoms with Gasteiger partial charge in [-0.15, -0.1) is 5.69 Å². The zero-order chi connectivity index (χ0) is 18.5. The second-order valence-electron chi connectivity index (χ2n) is 3.87. The zero-order valence-corrected chi connectivity index (χ0v) is 14.2. The van der Waals surface area contributed by atoms with Crippen LogP contribution >= 0.6 is 18.6 Å². The molecule has 2 nitrogen and oxygen atoms in total. The normalized spacial score (nSPS) is 11.4. The van der Waals surface area contributed by atoms with E-state index in [1.165, 1.54) is 18.3 Å². The summed E-state index contributed by atoms with van der Waals surface area (Å²) in [6, 6.07) is 2.80. The molecule has 0 atom stereocenters. The fourth-order valence-electron chi connectivity index (χ4n) is 1.50. The Balaban J connectivity index is 0.000000891. The molecule has 0 aliphatic rings. The molecule has 0 aliphatic carbocycles. The van der Waals surface area contributed by atoms with E-state index in [1.54, 1.807) is 0 Å². The third kappa shape index (κ3) is 4.98. The van der Waals surface area contributed by atoms with Crippen molar-refractivity contribution in [1.29, 1.82) is 0 Å². The molecular formula is C12H4Cl2F7N2Ti-. The van der Waals surface area contributed by atoms with E-state index in [0.717, 1.165) is 6.21 Å². The molecule has 2 rings (SSSR count). The van der Waals surface area contributed by atoms with Crippen LogP contribution in [0.3, 0.4) is 0 Å². The Labute approximate surface area is 147 Å². The minimum absolute atomic E-state index is 0.106. The van der Waals surface area contributed by atoms with Gasteiger partial charge in [0.2, 0.25) is 0 Å². The van der Waals surface area contributed by atoms with Crippen molar-refractivity contribution < 1.29 is 47.8 Å². The summed E-state index contributed by atoms with van der Waals surface area (Å²) in [4.78, 5) is 6.74. The van der Waals surface area contributed by atoms with E-state index < -0.39 is 57.7 Å². The molecule has 24 heavy (non-hydrogen) atoms. The quantitative estimate of drug-likeness (QED) is 0.275. The molecule has 2 aromatic rings. The van der Waals surface area contributed by atoms with E-state index in [2.05, 4.69) is 9.98 Å². The van der Waals surface area contributed by atoms with Crippen molar-refractivity contribution in [1.82, 2.24) is 4.98 Å². The molecule has 0 saturated heterocycles. The number of hydrogen-bond donors (Lipinski definition) is 0. The number of nitrogens with zero attached hydrogens (tertiary/aromatic N) is 2. The summed E-state index contributed by atoms with van der Waals surface area (Å²) in [5.74, 6) is -9.57. The second kappa shape index (κ2) is 8.89. The predicted octanol–water partition coefficient (Wildman–Crippen LogP) is 5.35. The molecule has 12 heteroatoms. The number of aliphatic imine (C=N–C) groups is 1. The van der Waals surface area contributed by atoms with E-state index in [-0.39, 0.29) is 5.69 Å². The van der Waals surface area contributed by atoms with E-state index >= 15 is 0 Å². The third-order valence-electron chi connectivity index (χ3n) is 2.43. The zero-order valence-electron chi connectivity index (χ0n) is 11.1. The first-order chi connectivity index (χ1) is 11.1. The van der Waals surface area contributed by atoms with Crippen molar-refractivity contribution >= 4 is 30.5 Å². The van der Waals surface area contributed by atoms with Crippen molar-refractivity contribution in [3.05, 3.63) is 52.9 Å². The summed E-state index contributed by atoms with van der Waals surface area (Å²) in [5, 5.41) is 0. The van der Waals surface area contributed by atoms with E-state index in [1.807, 2.05) is 0 Å². The molecule has 0 spiro atoms. The van der Waals surface area contributed by atoms with Gasteiger partial charge in [0, 0.05) is 6.21 Å². The van der Waals surface area contributed by atoms with Crippen molar-refractivity contribution in [2.24, 2.45) is 4.99 Å².